The lowest BCUT2D eigenvalue weighted by molar-refractivity contribution is -0.128. The molecule has 0 atom stereocenters. The summed E-state index contributed by atoms with van der Waals surface area (Å²) < 4.78 is 39.7. The van der Waals surface area contributed by atoms with Crippen molar-refractivity contribution in [2.24, 2.45) is 0 Å². The minimum absolute atomic E-state index is 0.0112. The third-order valence-corrected chi connectivity index (χ3v) is 5.28. The highest BCUT2D eigenvalue weighted by atomic mass is 79.9. The van der Waals surface area contributed by atoms with Crippen LogP contribution in [0.4, 0.5) is 10.1 Å². The summed E-state index contributed by atoms with van der Waals surface area (Å²) in [6, 6.07) is 1.99. The van der Waals surface area contributed by atoms with Gasteiger partial charge in [0.05, 0.1) is 16.7 Å². The molecule has 0 radical (unpaired) electrons. The van der Waals surface area contributed by atoms with E-state index in [1.54, 1.807) is 4.90 Å². The third kappa shape index (κ3) is 3.72. The molecular weight excluding hydrogens is 365 g/mol. The van der Waals surface area contributed by atoms with Crippen LogP contribution in [0.2, 0.25) is 0 Å². The molecule has 1 heterocycles. The summed E-state index contributed by atoms with van der Waals surface area (Å²) in [5.41, 5.74) is 5.32. The lowest BCUT2D eigenvalue weighted by Crippen LogP contribution is -2.38. The number of nitrogens with zero attached hydrogens (tertiary/aromatic N) is 1. The smallest absolute Gasteiger partial charge is 0.243 e. The van der Waals surface area contributed by atoms with Crippen LogP contribution in [0.5, 0.6) is 0 Å². The van der Waals surface area contributed by atoms with E-state index in [1.807, 2.05) is 0 Å². The molecule has 1 fully saturated rings. The Labute approximate surface area is 130 Å². The Morgan fingerprint density at radius 1 is 1.38 bits per heavy atom. The number of nitrogen functional groups attached to an aromatic ring is 1. The maximum atomic E-state index is 13.3. The first-order valence-corrected chi connectivity index (χ1v) is 8.61. The Hall–Kier alpha value is -1.19. The van der Waals surface area contributed by atoms with E-state index < -0.39 is 15.8 Å². The van der Waals surface area contributed by atoms with E-state index in [0.717, 1.165) is 25.0 Å². The normalized spacial score (nSPS) is 15.4. The van der Waals surface area contributed by atoms with Crippen molar-refractivity contribution in [3.63, 3.8) is 0 Å². The van der Waals surface area contributed by atoms with Gasteiger partial charge in [0.2, 0.25) is 15.9 Å². The number of amides is 1. The second kappa shape index (κ2) is 6.29. The fourth-order valence-electron chi connectivity index (χ4n) is 2.09. The first-order chi connectivity index (χ1) is 9.81. The Bertz CT molecular complexity index is 660. The Kier molecular flexibility index (Phi) is 4.84. The van der Waals surface area contributed by atoms with Gasteiger partial charge >= 0.3 is 0 Å². The number of carbonyl (C=O) groups is 1. The first-order valence-electron chi connectivity index (χ1n) is 6.33. The van der Waals surface area contributed by atoms with E-state index in [-0.39, 0.29) is 27.5 Å². The van der Waals surface area contributed by atoms with E-state index in [1.165, 1.54) is 0 Å². The monoisotopic (exact) mass is 379 g/mol. The maximum Gasteiger partial charge on any atom is 0.243 e. The molecule has 1 saturated heterocycles. The molecule has 1 aliphatic rings. The molecule has 1 aromatic carbocycles. The van der Waals surface area contributed by atoms with Crippen LogP contribution >= 0.6 is 15.9 Å². The van der Waals surface area contributed by atoms with Crippen molar-refractivity contribution < 1.29 is 17.6 Å². The number of nitrogens with one attached hydrogen (secondary N) is 1. The van der Waals surface area contributed by atoms with Crippen LogP contribution in [0.1, 0.15) is 12.8 Å². The molecule has 9 heteroatoms. The molecule has 2 rings (SSSR count). The van der Waals surface area contributed by atoms with Crippen LogP contribution in [-0.2, 0) is 14.8 Å². The molecule has 6 nitrogen and oxygen atoms in total. The Morgan fingerprint density at radius 2 is 2.00 bits per heavy atom. The number of halogens is 2. The zero-order chi connectivity index (χ0) is 15.6. The van der Waals surface area contributed by atoms with Crippen LogP contribution in [0.15, 0.2) is 21.5 Å². The van der Waals surface area contributed by atoms with Gasteiger partial charge in [-0.25, -0.2) is 17.5 Å². The van der Waals surface area contributed by atoms with Crippen molar-refractivity contribution in [2.75, 3.05) is 25.4 Å². The molecule has 116 valence electrons. The SMILES string of the molecule is Nc1cc(F)c(Br)cc1S(=O)(=O)NCC(=O)N1CCCC1. The second-order valence-electron chi connectivity index (χ2n) is 4.72. The van der Waals surface area contributed by atoms with Crippen molar-refractivity contribution in [1.29, 1.82) is 0 Å². The summed E-state index contributed by atoms with van der Waals surface area (Å²) in [5.74, 6) is -0.935. The maximum absolute atomic E-state index is 13.3. The van der Waals surface area contributed by atoms with Gasteiger partial charge in [-0.3, -0.25) is 4.79 Å². The predicted octanol–water partition coefficient (Wildman–Crippen LogP) is 1.07. The van der Waals surface area contributed by atoms with Crippen LogP contribution in [0.3, 0.4) is 0 Å². The molecule has 1 aliphatic heterocycles. The van der Waals surface area contributed by atoms with Gasteiger partial charge in [-0.2, -0.15) is 0 Å². The quantitative estimate of drug-likeness (QED) is 0.765. The van der Waals surface area contributed by atoms with Gasteiger partial charge in [0.1, 0.15) is 10.7 Å². The number of hydrogen-bond acceptors (Lipinski definition) is 4. The van der Waals surface area contributed by atoms with Crippen LogP contribution in [0.25, 0.3) is 0 Å². The molecule has 0 bridgehead atoms. The molecule has 21 heavy (non-hydrogen) atoms. The van der Waals surface area contributed by atoms with E-state index in [0.29, 0.717) is 13.1 Å². The number of likely N-dealkylation sites (tertiary alicyclic amines) is 1. The lowest BCUT2D eigenvalue weighted by Gasteiger charge is -2.16. The topological polar surface area (TPSA) is 92.5 Å². The number of nitrogens with two attached hydrogens (primary N) is 1. The van der Waals surface area contributed by atoms with E-state index in [4.69, 9.17) is 5.73 Å². The van der Waals surface area contributed by atoms with Gasteiger partial charge in [0, 0.05) is 13.1 Å². The summed E-state index contributed by atoms with van der Waals surface area (Å²) in [4.78, 5) is 13.2. The molecule has 0 unspecified atom stereocenters. The summed E-state index contributed by atoms with van der Waals surface area (Å²) in [6.45, 7) is 0.951. The standard InChI is InChI=1S/C12H15BrFN3O3S/c13-8-5-11(10(15)6-9(8)14)21(19,20)16-7-12(18)17-3-1-2-4-17/h5-6,16H,1-4,7,15H2. The van der Waals surface area contributed by atoms with Gasteiger partial charge in [-0.05, 0) is 40.9 Å². The molecule has 1 amide bonds. The summed E-state index contributed by atoms with van der Waals surface area (Å²) >= 11 is 2.91. The fourth-order valence-corrected chi connectivity index (χ4v) is 3.70. The molecular formula is C12H15BrFN3O3S. The lowest BCUT2D eigenvalue weighted by atomic mass is 10.3. The molecule has 1 aromatic rings. The number of rotatable bonds is 4. The van der Waals surface area contributed by atoms with Crippen LogP contribution in [-0.4, -0.2) is 38.9 Å². The Balaban J connectivity index is 2.11. The average molecular weight is 380 g/mol. The number of anilines is 1. The zero-order valence-electron chi connectivity index (χ0n) is 11.1. The van der Waals surface area contributed by atoms with Crippen molar-refractivity contribution in [3.05, 3.63) is 22.4 Å². The molecule has 0 spiro atoms. The average Bonchev–Trinajstić information content (AvgIpc) is 2.94. The molecule has 0 saturated carbocycles. The van der Waals surface area contributed by atoms with Crippen molar-refractivity contribution in [3.8, 4) is 0 Å². The Morgan fingerprint density at radius 3 is 2.62 bits per heavy atom. The highest BCUT2D eigenvalue weighted by molar-refractivity contribution is 9.10. The van der Waals surface area contributed by atoms with Gasteiger partial charge in [-0.15, -0.1) is 0 Å². The van der Waals surface area contributed by atoms with E-state index >= 15 is 0 Å². The largest absolute Gasteiger partial charge is 0.398 e. The second-order valence-corrected chi connectivity index (χ2v) is 7.31. The van der Waals surface area contributed by atoms with E-state index in [2.05, 4.69) is 20.7 Å². The molecule has 3 N–H and O–H groups in total. The van der Waals surface area contributed by atoms with Gasteiger partial charge in [-0.1, -0.05) is 0 Å². The third-order valence-electron chi connectivity index (χ3n) is 3.21. The predicted molar refractivity (Wildman–Crippen MR) is 79.5 cm³/mol. The minimum Gasteiger partial charge on any atom is -0.398 e. The van der Waals surface area contributed by atoms with Crippen LogP contribution in [0, 0.1) is 5.82 Å². The fraction of sp³-hybridized carbons (Fsp3) is 0.417. The number of carbonyl (C=O) groups excluding carboxylic acids is 1. The van der Waals surface area contributed by atoms with Crippen LogP contribution < -0.4 is 10.5 Å². The molecule has 0 aromatic heterocycles. The highest BCUT2D eigenvalue weighted by Gasteiger charge is 2.23. The van der Waals surface area contributed by atoms with Gasteiger partial charge in [0.25, 0.3) is 0 Å². The zero-order valence-corrected chi connectivity index (χ0v) is 13.5. The van der Waals surface area contributed by atoms with Crippen molar-refractivity contribution >= 4 is 37.5 Å². The number of sulfonamides is 1. The number of benzene rings is 1. The first kappa shape index (κ1) is 16.2. The van der Waals surface area contributed by atoms with Crippen molar-refractivity contribution in [2.45, 2.75) is 17.7 Å². The van der Waals surface area contributed by atoms with Crippen molar-refractivity contribution in [1.82, 2.24) is 9.62 Å². The summed E-state index contributed by atoms with van der Waals surface area (Å²) in [5, 5.41) is 0. The minimum atomic E-state index is -3.97. The number of hydrogen-bond donors (Lipinski definition) is 2. The van der Waals surface area contributed by atoms with Gasteiger partial charge < -0.3 is 10.6 Å². The highest BCUT2D eigenvalue weighted by Crippen LogP contribution is 2.25. The van der Waals surface area contributed by atoms with Gasteiger partial charge in [0.15, 0.2) is 0 Å². The van der Waals surface area contributed by atoms with E-state index in [9.17, 15) is 17.6 Å². The molecule has 0 aliphatic carbocycles. The summed E-state index contributed by atoms with van der Waals surface area (Å²) in [6.07, 6.45) is 1.85. The summed E-state index contributed by atoms with van der Waals surface area (Å²) in [7, 11) is -3.97.